The van der Waals surface area contributed by atoms with E-state index in [1.807, 2.05) is 5.43 Å². The second-order valence-electron chi connectivity index (χ2n) is 3.95. The zero-order valence-electron chi connectivity index (χ0n) is 11.1. The maximum Gasteiger partial charge on any atom is 0.274 e. The molecule has 0 saturated heterocycles. The molecule has 0 bridgehead atoms. The number of non-ortho nitro benzene ring substituents is 1. The molecular formula is C10H15FN4O5S. The number of nitro benzene ring substituents is 1. The van der Waals surface area contributed by atoms with E-state index in [-0.39, 0.29) is 6.54 Å². The van der Waals surface area contributed by atoms with Gasteiger partial charge in [-0.25, -0.2) is 17.5 Å². The molecule has 0 saturated carbocycles. The summed E-state index contributed by atoms with van der Waals surface area (Å²) < 4.78 is 44.8. The highest BCUT2D eigenvalue weighted by molar-refractivity contribution is 7.89. The van der Waals surface area contributed by atoms with E-state index in [1.165, 1.54) is 7.11 Å². The number of nitrogens with zero attached hydrogens (tertiary/aromatic N) is 1. The highest BCUT2D eigenvalue weighted by Crippen LogP contribution is 2.29. The van der Waals surface area contributed by atoms with Crippen LogP contribution in [-0.4, -0.2) is 33.6 Å². The van der Waals surface area contributed by atoms with E-state index in [0.717, 1.165) is 6.07 Å². The Balaban J connectivity index is 3.13. The quantitative estimate of drug-likeness (QED) is 0.271. The second kappa shape index (κ2) is 7.26. The minimum Gasteiger partial charge on any atom is -0.385 e. The van der Waals surface area contributed by atoms with Crippen LogP contribution in [0.25, 0.3) is 0 Å². The molecule has 0 aliphatic rings. The molecule has 9 nitrogen and oxygen atoms in total. The summed E-state index contributed by atoms with van der Waals surface area (Å²) in [4.78, 5) is 8.99. The van der Waals surface area contributed by atoms with E-state index in [9.17, 15) is 22.9 Å². The minimum absolute atomic E-state index is 0.0244. The van der Waals surface area contributed by atoms with Gasteiger partial charge in [0.05, 0.1) is 16.7 Å². The zero-order valence-corrected chi connectivity index (χ0v) is 11.9. The van der Waals surface area contributed by atoms with Gasteiger partial charge in [-0.05, 0) is 6.42 Å². The van der Waals surface area contributed by atoms with Gasteiger partial charge in [0.15, 0.2) is 5.82 Å². The van der Waals surface area contributed by atoms with Crippen molar-refractivity contribution in [3.8, 4) is 0 Å². The lowest BCUT2D eigenvalue weighted by Crippen LogP contribution is -2.28. The minimum atomic E-state index is -4.20. The van der Waals surface area contributed by atoms with E-state index < -0.39 is 37.0 Å². The van der Waals surface area contributed by atoms with Crippen molar-refractivity contribution in [1.29, 1.82) is 0 Å². The number of sulfonamides is 1. The first kappa shape index (κ1) is 17.2. The van der Waals surface area contributed by atoms with Crippen LogP contribution in [0.4, 0.5) is 15.8 Å². The summed E-state index contributed by atoms with van der Waals surface area (Å²) >= 11 is 0. The first-order chi connectivity index (χ1) is 9.83. The molecule has 1 rings (SSSR count). The number of ether oxygens (including phenoxy) is 1. The number of methoxy groups -OCH3 is 1. The van der Waals surface area contributed by atoms with Crippen molar-refractivity contribution >= 4 is 21.4 Å². The van der Waals surface area contributed by atoms with Gasteiger partial charge in [-0.2, -0.15) is 0 Å². The molecule has 4 N–H and O–H groups in total. The largest absolute Gasteiger partial charge is 0.385 e. The van der Waals surface area contributed by atoms with Crippen LogP contribution >= 0.6 is 0 Å². The normalized spacial score (nSPS) is 11.4. The summed E-state index contributed by atoms with van der Waals surface area (Å²) in [7, 11) is -2.74. The summed E-state index contributed by atoms with van der Waals surface area (Å²) in [5.74, 6) is 3.84. The Bertz CT molecular complexity index is 622. The number of nitrogens with two attached hydrogens (primary N) is 1. The van der Waals surface area contributed by atoms with Gasteiger partial charge in [0.2, 0.25) is 10.0 Å². The molecule has 0 unspecified atom stereocenters. The van der Waals surface area contributed by atoms with Crippen LogP contribution in [0.2, 0.25) is 0 Å². The predicted molar refractivity (Wildman–Crippen MR) is 72.5 cm³/mol. The number of nitro groups is 1. The van der Waals surface area contributed by atoms with Crippen LogP contribution in [0.3, 0.4) is 0 Å². The number of nitrogen functional groups attached to an aromatic ring is 1. The van der Waals surface area contributed by atoms with Crippen LogP contribution in [0.15, 0.2) is 17.0 Å². The fourth-order valence-electron chi connectivity index (χ4n) is 1.56. The van der Waals surface area contributed by atoms with Gasteiger partial charge in [-0.15, -0.1) is 0 Å². The van der Waals surface area contributed by atoms with E-state index in [1.54, 1.807) is 0 Å². The number of anilines is 1. The Morgan fingerprint density at radius 1 is 1.48 bits per heavy atom. The lowest BCUT2D eigenvalue weighted by Gasteiger charge is -2.12. The third-order valence-corrected chi connectivity index (χ3v) is 4.02. The average Bonchev–Trinajstić information content (AvgIpc) is 2.42. The topological polar surface area (TPSA) is 137 Å². The number of hydrogen-bond donors (Lipinski definition) is 3. The fourth-order valence-corrected chi connectivity index (χ4v) is 2.84. The molecule has 0 atom stereocenters. The number of nitrogens with one attached hydrogen (secondary N) is 2. The maximum atomic E-state index is 13.9. The lowest BCUT2D eigenvalue weighted by atomic mass is 10.3. The first-order valence-corrected chi connectivity index (χ1v) is 7.25. The molecule has 0 amide bonds. The standard InChI is InChI=1S/C10H15FN4O5S/c1-20-4-2-3-13-21(18,19)10-8(11)5-7(15(16)17)6-9(10)14-12/h5-6,13-14H,2-4,12H2,1H3. The summed E-state index contributed by atoms with van der Waals surface area (Å²) in [5, 5.41) is 10.6. The van der Waals surface area contributed by atoms with Crippen LogP contribution in [0, 0.1) is 15.9 Å². The Labute approximate surface area is 120 Å². The average molecular weight is 322 g/mol. The van der Waals surface area contributed by atoms with Crippen molar-refractivity contribution in [3.05, 3.63) is 28.1 Å². The number of rotatable bonds is 8. The molecule has 0 radical (unpaired) electrons. The van der Waals surface area contributed by atoms with Crippen LogP contribution in [-0.2, 0) is 14.8 Å². The maximum absolute atomic E-state index is 13.9. The highest BCUT2D eigenvalue weighted by atomic mass is 32.2. The van der Waals surface area contributed by atoms with Crippen LogP contribution in [0.5, 0.6) is 0 Å². The fraction of sp³-hybridized carbons (Fsp3) is 0.400. The Kier molecular flexibility index (Phi) is 5.96. The third-order valence-electron chi connectivity index (χ3n) is 2.48. The molecule has 11 heteroatoms. The Morgan fingerprint density at radius 2 is 2.14 bits per heavy atom. The molecule has 1 aromatic carbocycles. The number of halogens is 1. The van der Waals surface area contributed by atoms with E-state index >= 15 is 0 Å². The first-order valence-electron chi connectivity index (χ1n) is 5.76. The molecular weight excluding hydrogens is 307 g/mol. The smallest absolute Gasteiger partial charge is 0.274 e. The van der Waals surface area contributed by atoms with Gasteiger partial charge in [-0.3, -0.25) is 16.0 Å². The molecule has 0 aromatic heterocycles. The van der Waals surface area contributed by atoms with Crippen molar-refractivity contribution in [2.75, 3.05) is 25.7 Å². The lowest BCUT2D eigenvalue weighted by molar-refractivity contribution is -0.385. The molecule has 21 heavy (non-hydrogen) atoms. The van der Waals surface area contributed by atoms with Gasteiger partial charge in [-0.1, -0.05) is 0 Å². The van der Waals surface area contributed by atoms with Crippen molar-refractivity contribution in [1.82, 2.24) is 4.72 Å². The van der Waals surface area contributed by atoms with Gasteiger partial charge in [0, 0.05) is 26.3 Å². The molecule has 0 heterocycles. The van der Waals surface area contributed by atoms with Crippen molar-refractivity contribution in [2.45, 2.75) is 11.3 Å². The van der Waals surface area contributed by atoms with E-state index in [2.05, 4.69) is 4.72 Å². The molecule has 118 valence electrons. The van der Waals surface area contributed by atoms with Gasteiger partial charge < -0.3 is 10.2 Å². The van der Waals surface area contributed by atoms with Crippen molar-refractivity contribution in [3.63, 3.8) is 0 Å². The molecule has 1 aromatic rings. The van der Waals surface area contributed by atoms with Crippen molar-refractivity contribution < 1.29 is 22.5 Å². The monoisotopic (exact) mass is 322 g/mol. The molecule has 0 aliphatic carbocycles. The van der Waals surface area contributed by atoms with Gasteiger partial charge in [0.1, 0.15) is 4.90 Å². The summed E-state index contributed by atoms with van der Waals surface area (Å²) in [5.41, 5.74) is 0.937. The molecule has 0 aliphatic heterocycles. The summed E-state index contributed by atoms with van der Waals surface area (Å²) in [6, 6.07) is 1.36. The third kappa shape index (κ3) is 4.32. The second-order valence-corrected chi connectivity index (χ2v) is 5.65. The van der Waals surface area contributed by atoms with Gasteiger partial charge >= 0.3 is 0 Å². The molecule has 0 fully saturated rings. The number of benzene rings is 1. The van der Waals surface area contributed by atoms with Crippen LogP contribution in [0.1, 0.15) is 6.42 Å². The Hall–Kier alpha value is -1.82. The predicted octanol–water partition coefficient (Wildman–Crippen LogP) is 0.334. The number of hydrazine groups is 1. The SMILES string of the molecule is COCCCNS(=O)(=O)c1c(F)cc([N+](=O)[O-])cc1NN. The van der Waals surface area contributed by atoms with Crippen molar-refractivity contribution in [2.24, 2.45) is 5.84 Å². The molecule has 0 spiro atoms. The summed E-state index contributed by atoms with van der Waals surface area (Å²) in [6.07, 6.45) is 0.385. The van der Waals surface area contributed by atoms with E-state index in [4.69, 9.17) is 10.6 Å². The summed E-state index contributed by atoms with van der Waals surface area (Å²) in [6.45, 7) is 0.351. The zero-order chi connectivity index (χ0) is 16.0. The van der Waals surface area contributed by atoms with Crippen LogP contribution < -0.4 is 16.0 Å². The van der Waals surface area contributed by atoms with E-state index in [0.29, 0.717) is 19.1 Å². The number of hydrogen-bond acceptors (Lipinski definition) is 7. The van der Waals surface area contributed by atoms with Gasteiger partial charge in [0.25, 0.3) is 5.69 Å². The Morgan fingerprint density at radius 3 is 2.67 bits per heavy atom. The highest BCUT2D eigenvalue weighted by Gasteiger charge is 2.26.